The number of likely N-dealkylation sites (N-methyl/N-ethyl adjacent to an activating group) is 1. The van der Waals surface area contributed by atoms with Crippen LogP contribution in [0.25, 0.3) is 16.8 Å². The first kappa shape index (κ1) is 22.4. The summed E-state index contributed by atoms with van der Waals surface area (Å²) < 4.78 is 3.41. The quantitative estimate of drug-likeness (QED) is 0.642. The van der Waals surface area contributed by atoms with Crippen molar-refractivity contribution >= 4 is 28.7 Å². The van der Waals surface area contributed by atoms with Crippen molar-refractivity contribution in [2.24, 2.45) is 0 Å². The third-order valence-corrected chi connectivity index (χ3v) is 6.04. The maximum atomic E-state index is 13.5. The van der Waals surface area contributed by atoms with Gasteiger partial charge in [0.1, 0.15) is 12.1 Å². The zero-order chi connectivity index (χ0) is 22.8. The zero-order valence-corrected chi connectivity index (χ0v) is 19.6. The number of fused-ring (bicyclic) bond motifs is 1. The maximum absolute atomic E-state index is 13.5. The van der Waals surface area contributed by atoms with E-state index in [1.165, 1.54) is 0 Å². The number of anilines is 1. The molecule has 8 heteroatoms. The minimum atomic E-state index is -0.197. The number of benzene rings is 1. The van der Waals surface area contributed by atoms with E-state index in [1.54, 1.807) is 10.6 Å². The van der Waals surface area contributed by atoms with E-state index in [9.17, 15) is 9.59 Å². The Morgan fingerprint density at radius 3 is 2.69 bits per heavy atom. The van der Waals surface area contributed by atoms with E-state index in [0.717, 1.165) is 43.9 Å². The fourth-order valence-corrected chi connectivity index (χ4v) is 4.41. The molecule has 1 amide bonds. The zero-order valence-electron chi connectivity index (χ0n) is 18.8. The Morgan fingerprint density at radius 1 is 1.12 bits per heavy atom. The molecular formula is C24H30ClN5O2. The first-order chi connectivity index (χ1) is 15.3. The van der Waals surface area contributed by atoms with Gasteiger partial charge in [0.2, 0.25) is 5.91 Å². The number of aromatic nitrogens is 2. The van der Waals surface area contributed by atoms with Crippen LogP contribution in [0.3, 0.4) is 0 Å². The molecule has 0 radical (unpaired) electrons. The molecule has 32 heavy (non-hydrogen) atoms. The van der Waals surface area contributed by atoms with Gasteiger partial charge in [-0.05, 0) is 52.1 Å². The number of halogens is 1. The number of nitrogens with one attached hydrogen (secondary N) is 1. The molecule has 0 spiro atoms. The van der Waals surface area contributed by atoms with Gasteiger partial charge in [0, 0.05) is 48.7 Å². The number of nitrogens with zero attached hydrogens (tertiary/aromatic N) is 4. The molecule has 0 unspecified atom stereocenters. The normalized spacial score (nSPS) is 15.3. The minimum Gasteiger partial charge on any atom is -0.369 e. The highest BCUT2D eigenvalue weighted by Crippen LogP contribution is 2.25. The second-order valence-corrected chi connectivity index (χ2v) is 9.21. The van der Waals surface area contributed by atoms with E-state index in [4.69, 9.17) is 11.6 Å². The van der Waals surface area contributed by atoms with Gasteiger partial charge in [0.15, 0.2) is 0 Å². The average molecular weight is 456 g/mol. The molecule has 1 saturated heterocycles. The van der Waals surface area contributed by atoms with Gasteiger partial charge < -0.3 is 19.5 Å². The van der Waals surface area contributed by atoms with Gasteiger partial charge in [-0.1, -0.05) is 23.7 Å². The lowest BCUT2D eigenvalue weighted by Gasteiger charge is -2.20. The smallest absolute Gasteiger partial charge is 0.275 e. The van der Waals surface area contributed by atoms with E-state index >= 15 is 0 Å². The molecule has 1 N–H and O–H groups in total. The molecule has 4 rings (SSSR count). The lowest BCUT2D eigenvalue weighted by molar-refractivity contribution is -0.122. The summed E-state index contributed by atoms with van der Waals surface area (Å²) in [5.41, 5.74) is 2.83. The van der Waals surface area contributed by atoms with Crippen molar-refractivity contribution in [1.82, 2.24) is 19.2 Å². The lowest BCUT2D eigenvalue weighted by Crippen LogP contribution is -2.36. The molecule has 2 aromatic heterocycles. The highest BCUT2D eigenvalue weighted by Gasteiger charge is 2.19. The number of amides is 1. The van der Waals surface area contributed by atoms with Crippen LogP contribution in [0.4, 0.5) is 5.69 Å². The van der Waals surface area contributed by atoms with E-state index in [-0.39, 0.29) is 24.1 Å². The minimum absolute atomic E-state index is 0.00220. The molecule has 3 aromatic rings. The van der Waals surface area contributed by atoms with Gasteiger partial charge in [-0.15, -0.1) is 0 Å². The Hall–Kier alpha value is -2.77. The van der Waals surface area contributed by atoms with Crippen LogP contribution in [-0.2, 0) is 11.3 Å². The molecule has 1 aliphatic rings. The summed E-state index contributed by atoms with van der Waals surface area (Å²) in [4.78, 5) is 30.8. The maximum Gasteiger partial charge on any atom is 0.275 e. The van der Waals surface area contributed by atoms with E-state index in [1.807, 2.05) is 54.9 Å². The van der Waals surface area contributed by atoms with Crippen LogP contribution < -0.4 is 15.8 Å². The van der Waals surface area contributed by atoms with Crippen molar-refractivity contribution in [2.45, 2.75) is 32.9 Å². The van der Waals surface area contributed by atoms with Gasteiger partial charge in [-0.25, -0.2) is 0 Å². The van der Waals surface area contributed by atoms with E-state index < -0.39 is 0 Å². The van der Waals surface area contributed by atoms with Crippen molar-refractivity contribution in [3.63, 3.8) is 0 Å². The van der Waals surface area contributed by atoms with Crippen molar-refractivity contribution in [1.29, 1.82) is 0 Å². The SMILES string of the molecule is CC(C)NC(=O)Cn1c(-c2cccc(Cl)c2)cn2cc(N3CCCN(C)CC3)cc2c1=O. The monoisotopic (exact) mass is 455 g/mol. The van der Waals surface area contributed by atoms with Crippen LogP contribution in [0.2, 0.25) is 5.02 Å². The first-order valence-electron chi connectivity index (χ1n) is 11.1. The second kappa shape index (κ2) is 9.38. The molecule has 1 aromatic carbocycles. The van der Waals surface area contributed by atoms with Gasteiger partial charge in [-0.2, -0.15) is 0 Å². The average Bonchev–Trinajstić information content (AvgIpc) is 3.04. The predicted octanol–water partition coefficient (Wildman–Crippen LogP) is 3.09. The lowest BCUT2D eigenvalue weighted by atomic mass is 10.1. The molecule has 1 aliphatic heterocycles. The Bertz CT molecular complexity index is 1180. The van der Waals surface area contributed by atoms with Crippen LogP contribution in [0, 0.1) is 0 Å². The Morgan fingerprint density at radius 2 is 1.94 bits per heavy atom. The summed E-state index contributed by atoms with van der Waals surface area (Å²) in [5.74, 6) is -0.197. The predicted molar refractivity (Wildman–Crippen MR) is 130 cm³/mol. The second-order valence-electron chi connectivity index (χ2n) is 8.77. The molecule has 0 aliphatic carbocycles. The van der Waals surface area contributed by atoms with Gasteiger partial charge >= 0.3 is 0 Å². The van der Waals surface area contributed by atoms with Gasteiger partial charge in [-0.3, -0.25) is 14.2 Å². The van der Waals surface area contributed by atoms with Crippen LogP contribution in [-0.4, -0.2) is 59.0 Å². The van der Waals surface area contributed by atoms with Crippen molar-refractivity contribution in [3.05, 3.63) is 58.1 Å². The number of rotatable bonds is 5. The van der Waals surface area contributed by atoms with Crippen molar-refractivity contribution in [3.8, 4) is 11.3 Å². The third kappa shape index (κ3) is 4.84. The standard InChI is InChI=1S/C24H30ClN5O2/c1-17(2)26-23(31)16-30-22(18-6-4-7-19(25)12-18)15-29-14-20(13-21(29)24(30)32)28-9-5-8-27(3)10-11-28/h4,6-7,12-15,17H,5,8-11,16H2,1-3H3,(H,26,31). The van der Waals surface area contributed by atoms with Crippen LogP contribution >= 0.6 is 11.6 Å². The molecule has 170 valence electrons. The molecule has 7 nitrogen and oxygen atoms in total. The highest BCUT2D eigenvalue weighted by atomic mass is 35.5. The van der Waals surface area contributed by atoms with E-state index in [2.05, 4.69) is 22.2 Å². The number of carbonyl (C=O) groups excluding carboxylic acids is 1. The molecule has 0 saturated carbocycles. The fourth-order valence-electron chi connectivity index (χ4n) is 4.22. The summed E-state index contributed by atoms with van der Waals surface area (Å²) >= 11 is 6.23. The Labute approximate surface area is 193 Å². The Balaban J connectivity index is 1.81. The molecule has 3 heterocycles. The fraction of sp³-hybridized carbons (Fsp3) is 0.417. The van der Waals surface area contributed by atoms with Gasteiger partial charge in [0.05, 0.1) is 11.4 Å². The van der Waals surface area contributed by atoms with Crippen LogP contribution in [0.5, 0.6) is 0 Å². The molecule has 0 bridgehead atoms. The first-order valence-corrected chi connectivity index (χ1v) is 11.4. The number of carbonyl (C=O) groups is 1. The number of hydrogen-bond donors (Lipinski definition) is 1. The molecule has 0 atom stereocenters. The summed E-state index contributed by atoms with van der Waals surface area (Å²) in [6, 6.07) is 9.29. The molecular weight excluding hydrogens is 426 g/mol. The van der Waals surface area contributed by atoms with Crippen LogP contribution in [0.1, 0.15) is 20.3 Å². The summed E-state index contributed by atoms with van der Waals surface area (Å²) in [6.45, 7) is 7.68. The van der Waals surface area contributed by atoms with E-state index in [0.29, 0.717) is 16.2 Å². The summed E-state index contributed by atoms with van der Waals surface area (Å²) in [5, 5.41) is 3.46. The summed E-state index contributed by atoms with van der Waals surface area (Å²) in [7, 11) is 2.14. The van der Waals surface area contributed by atoms with Crippen LogP contribution in [0.15, 0.2) is 47.5 Å². The number of hydrogen-bond acceptors (Lipinski definition) is 4. The topological polar surface area (TPSA) is 62.0 Å². The largest absolute Gasteiger partial charge is 0.369 e. The summed E-state index contributed by atoms with van der Waals surface area (Å²) in [6.07, 6.45) is 5.00. The third-order valence-electron chi connectivity index (χ3n) is 5.81. The Kier molecular flexibility index (Phi) is 6.58. The molecule has 1 fully saturated rings. The van der Waals surface area contributed by atoms with Gasteiger partial charge in [0.25, 0.3) is 5.56 Å². The highest BCUT2D eigenvalue weighted by molar-refractivity contribution is 6.30. The van der Waals surface area contributed by atoms with Crippen molar-refractivity contribution in [2.75, 3.05) is 38.1 Å². The van der Waals surface area contributed by atoms with Crippen molar-refractivity contribution < 1.29 is 4.79 Å².